The summed E-state index contributed by atoms with van der Waals surface area (Å²) in [5, 5.41) is 4.12. The summed E-state index contributed by atoms with van der Waals surface area (Å²) in [5.41, 5.74) is 7.87. The molecule has 1 aromatic carbocycles. The standard InChI is InChI=1S/C14H18ClN3O/c1-8(2)7-18-12(14(19)17-3)5-9-4-10(16)6-11(15)13(9)18/h4-6,8H,7,16H2,1-3H3,(H,17,19). The Labute approximate surface area is 117 Å². The molecule has 0 aliphatic rings. The molecule has 4 nitrogen and oxygen atoms in total. The van der Waals surface area contributed by atoms with E-state index in [-0.39, 0.29) is 5.91 Å². The average Bonchev–Trinajstić information content (AvgIpc) is 2.66. The topological polar surface area (TPSA) is 60.1 Å². The maximum Gasteiger partial charge on any atom is 0.267 e. The molecule has 0 atom stereocenters. The number of carbonyl (C=O) groups is 1. The number of hydrogen-bond acceptors (Lipinski definition) is 2. The molecule has 0 saturated heterocycles. The molecule has 0 spiro atoms. The third kappa shape index (κ3) is 2.54. The van der Waals surface area contributed by atoms with Gasteiger partial charge in [0.15, 0.2) is 0 Å². The molecule has 5 heteroatoms. The predicted octanol–water partition coefficient (Wildman–Crippen LogP) is 2.89. The van der Waals surface area contributed by atoms with Gasteiger partial charge in [0.05, 0.1) is 10.5 Å². The van der Waals surface area contributed by atoms with Crippen molar-refractivity contribution < 1.29 is 4.79 Å². The van der Waals surface area contributed by atoms with Gasteiger partial charge in [-0.1, -0.05) is 25.4 Å². The van der Waals surface area contributed by atoms with E-state index >= 15 is 0 Å². The van der Waals surface area contributed by atoms with E-state index in [0.717, 1.165) is 17.4 Å². The highest BCUT2D eigenvalue weighted by Gasteiger charge is 2.17. The van der Waals surface area contributed by atoms with Crippen LogP contribution in [0.1, 0.15) is 24.3 Å². The van der Waals surface area contributed by atoms with Gasteiger partial charge in [-0.25, -0.2) is 0 Å². The molecule has 2 rings (SSSR count). The van der Waals surface area contributed by atoms with Crippen LogP contribution in [-0.2, 0) is 6.54 Å². The van der Waals surface area contributed by atoms with Gasteiger partial charge in [-0.15, -0.1) is 0 Å². The van der Waals surface area contributed by atoms with Crippen molar-refractivity contribution in [2.45, 2.75) is 20.4 Å². The smallest absolute Gasteiger partial charge is 0.267 e. The van der Waals surface area contributed by atoms with Gasteiger partial charge in [0.1, 0.15) is 5.69 Å². The van der Waals surface area contributed by atoms with Crippen LogP contribution in [0, 0.1) is 5.92 Å². The lowest BCUT2D eigenvalue weighted by molar-refractivity contribution is 0.0953. The predicted molar refractivity (Wildman–Crippen MR) is 79.6 cm³/mol. The number of nitrogens with two attached hydrogens (primary N) is 1. The summed E-state index contributed by atoms with van der Waals surface area (Å²) >= 11 is 6.28. The number of halogens is 1. The SMILES string of the molecule is CNC(=O)c1cc2cc(N)cc(Cl)c2n1CC(C)C. The zero-order valence-electron chi connectivity index (χ0n) is 11.3. The molecular weight excluding hydrogens is 262 g/mol. The van der Waals surface area contributed by atoms with Gasteiger partial charge >= 0.3 is 0 Å². The maximum atomic E-state index is 12.0. The second kappa shape index (κ2) is 5.13. The molecule has 0 fully saturated rings. The third-order valence-corrected chi connectivity index (χ3v) is 3.26. The number of aromatic nitrogens is 1. The van der Waals surface area contributed by atoms with Gasteiger partial charge in [-0.2, -0.15) is 0 Å². The lowest BCUT2D eigenvalue weighted by atomic mass is 10.2. The number of rotatable bonds is 3. The maximum absolute atomic E-state index is 12.0. The Hall–Kier alpha value is -1.68. The van der Waals surface area contributed by atoms with E-state index in [2.05, 4.69) is 19.2 Å². The quantitative estimate of drug-likeness (QED) is 0.849. The minimum absolute atomic E-state index is 0.119. The lowest BCUT2D eigenvalue weighted by Gasteiger charge is -2.13. The van der Waals surface area contributed by atoms with Crippen LogP contribution in [0.25, 0.3) is 10.9 Å². The van der Waals surface area contributed by atoms with Gasteiger partial charge in [0.2, 0.25) is 0 Å². The first-order valence-electron chi connectivity index (χ1n) is 6.24. The summed E-state index contributed by atoms with van der Waals surface area (Å²) in [5.74, 6) is 0.291. The summed E-state index contributed by atoms with van der Waals surface area (Å²) in [6.07, 6.45) is 0. The van der Waals surface area contributed by atoms with E-state index in [1.54, 1.807) is 13.1 Å². The van der Waals surface area contributed by atoms with Crippen LogP contribution >= 0.6 is 11.6 Å². The molecule has 2 aromatic rings. The van der Waals surface area contributed by atoms with Gasteiger partial charge in [0, 0.05) is 24.7 Å². The Morgan fingerprint density at radius 2 is 2.11 bits per heavy atom. The average molecular weight is 280 g/mol. The van der Waals surface area contributed by atoms with Gasteiger partial charge < -0.3 is 15.6 Å². The van der Waals surface area contributed by atoms with E-state index < -0.39 is 0 Å². The van der Waals surface area contributed by atoms with Crippen molar-refractivity contribution in [3.8, 4) is 0 Å². The number of carbonyl (C=O) groups excluding carboxylic acids is 1. The Bertz CT molecular complexity index is 631. The van der Waals surface area contributed by atoms with Crippen LogP contribution in [0.3, 0.4) is 0 Å². The summed E-state index contributed by atoms with van der Waals surface area (Å²) < 4.78 is 1.96. The second-order valence-corrected chi connectivity index (χ2v) is 5.46. The number of nitrogen functional groups attached to an aromatic ring is 1. The number of nitrogens with one attached hydrogen (secondary N) is 1. The molecule has 1 aromatic heterocycles. The van der Waals surface area contributed by atoms with Crippen molar-refractivity contribution in [3.63, 3.8) is 0 Å². The fourth-order valence-corrected chi connectivity index (χ4v) is 2.59. The molecule has 0 bridgehead atoms. The van der Waals surface area contributed by atoms with Gasteiger partial charge in [0.25, 0.3) is 5.91 Å². The van der Waals surface area contributed by atoms with E-state index in [9.17, 15) is 4.79 Å². The fourth-order valence-electron chi connectivity index (χ4n) is 2.25. The minimum atomic E-state index is -0.119. The van der Waals surface area contributed by atoms with E-state index in [4.69, 9.17) is 17.3 Å². The third-order valence-electron chi connectivity index (χ3n) is 2.98. The first kappa shape index (κ1) is 13.7. The highest BCUT2D eigenvalue weighted by atomic mass is 35.5. The zero-order chi connectivity index (χ0) is 14.2. The molecule has 0 unspecified atom stereocenters. The number of amides is 1. The largest absolute Gasteiger partial charge is 0.399 e. The highest BCUT2D eigenvalue weighted by molar-refractivity contribution is 6.35. The van der Waals surface area contributed by atoms with Crippen molar-refractivity contribution in [1.29, 1.82) is 0 Å². The summed E-state index contributed by atoms with van der Waals surface area (Å²) in [4.78, 5) is 12.0. The van der Waals surface area contributed by atoms with Crippen LogP contribution in [-0.4, -0.2) is 17.5 Å². The Balaban J connectivity index is 2.73. The molecule has 1 amide bonds. The molecule has 0 saturated carbocycles. The molecule has 19 heavy (non-hydrogen) atoms. The first-order chi connectivity index (χ1) is 8.93. The summed E-state index contributed by atoms with van der Waals surface area (Å²) in [6.45, 7) is 4.94. The Kier molecular flexibility index (Phi) is 3.71. The van der Waals surface area contributed by atoms with Gasteiger partial charge in [-0.3, -0.25) is 4.79 Å². The Morgan fingerprint density at radius 3 is 2.68 bits per heavy atom. The summed E-state index contributed by atoms with van der Waals surface area (Å²) in [6, 6.07) is 5.39. The van der Waals surface area contributed by atoms with E-state index in [0.29, 0.717) is 22.3 Å². The van der Waals surface area contributed by atoms with Crippen LogP contribution in [0.2, 0.25) is 5.02 Å². The van der Waals surface area contributed by atoms with Crippen LogP contribution in [0.15, 0.2) is 18.2 Å². The van der Waals surface area contributed by atoms with E-state index in [1.165, 1.54) is 0 Å². The van der Waals surface area contributed by atoms with Gasteiger partial charge in [-0.05, 0) is 24.1 Å². The van der Waals surface area contributed by atoms with Crippen molar-refractivity contribution in [2.24, 2.45) is 5.92 Å². The highest BCUT2D eigenvalue weighted by Crippen LogP contribution is 2.30. The minimum Gasteiger partial charge on any atom is -0.399 e. The number of anilines is 1. The monoisotopic (exact) mass is 279 g/mol. The molecular formula is C14H18ClN3O. The van der Waals surface area contributed by atoms with Crippen LogP contribution < -0.4 is 11.1 Å². The number of nitrogens with zero attached hydrogens (tertiary/aromatic N) is 1. The number of hydrogen-bond donors (Lipinski definition) is 2. The van der Waals surface area contributed by atoms with Crippen molar-refractivity contribution in [2.75, 3.05) is 12.8 Å². The van der Waals surface area contributed by atoms with Crippen molar-refractivity contribution >= 4 is 34.1 Å². The molecule has 3 N–H and O–H groups in total. The van der Waals surface area contributed by atoms with Crippen LogP contribution in [0.5, 0.6) is 0 Å². The molecule has 0 radical (unpaired) electrons. The molecule has 0 aliphatic heterocycles. The fraction of sp³-hybridized carbons (Fsp3) is 0.357. The lowest BCUT2D eigenvalue weighted by Crippen LogP contribution is -2.22. The van der Waals surface area contributed by atoms with E-state index in [1.807, 2.05) is 16.7 Å². The summed E-state index contributed by atoms with van der Waals surface area (Å²) in [7, 11) is 1.62. The molecule has 102 valence electrons. The zero-order valence-corrected chi connectivity index (χ0v) is 12.1. The number of fused-ring (bicyclic) bond motifs is 1. The molecule has 0 aliphatic carbocycles. The number of benzene rings is 1. The normalized spacial score (nSPS) is 11.2. The molecule has 1 heterocycles. The second-order valence-electron chi connectivity index (χ2n) is 5.05. The van der Waals surface area contributed by atoms with Crippen molar-refractivity contribution in [1.82, 2.24) is 9.88 Å². The van der Waals surface area contributed by atoms with Crippen LogP contribution in [0.4, 0.5) is 5.69 Å². The Morgan fingerprint density at radius 1 is 1.42 bits per heavy atom. The van der Waals surface area contributed by atoms with Crippen molar-refractivity contribution in [3.05, 3.63) is 28.9 Å². The first-order valence-corrected chi connectivity index (χ1v) is 6.62.